The van der Waals surface area contributed by atoms with E-state index in [0.717, 1.165) is 21.3 Å². The van der Waals surface area contributed by atoms with Crippen LogP contribution in [0, 0.1) is 5.82 Å². The molecule has 0 bridgehead atoms. The lowest BCUT2D eigenvalue weighted by Gasteiger charge is -2.09. The van der Waals surface area contributed by atoms with Gasteiger partial charge in [-0.25, -0.2) is 14.4 Å². The van der Waals surface area contributed by atoms with Gasteiger partial charge >= 0.3 is 0 Å². The number of ether oxygens (including phenoxy) is 1. The highest BCUT2D eigenvalue weighted by atomic mass is 32.1. The van der Waals surface area contributed by atoms with Crippen molar-refractivity contribution in [1.82, 2.24) is 9.97 Å². The lowest BCUT2D eigenvalue weighted by molar-refractivity contribution is -0.118. The highest BCUT2D eigenvalue weighted by Gasteiger charge is 2.15. The molecule has 5 nitrogen and oxygen atoms in total. The molecule has 0 aliphatic rings. The quantitative estimate of drug-likeness (QED) is 0.554. The second-order valence-corrected chi connectivity index (χ2v) is 6.58. The van der Waals surface area contributed by atoms with Crippen LogP contribution in [0.25, 0.3) is 21.3 Å². The van der Waals surface area contributed by atoms with Crippen LogP contribution < -0.4 is 10.1 Å². The Morgan fingerprint density at radius 2 is 1.96 bits per heavy atom. The minimum absolute atomic E-state index is 0.243. The van der Waals surface area contributed by atoms with Gasteiger partial charge in [-0.3, -0.25) is 4.79 Å². The Balaban J connectivity index is 1.55. The minimum Gasteiger partial charge on any atom is -0.467 e. The molecule has 4 aromatic rings. The summed E-state index contributed by atoms with van der Waals surface area (Å²) in [7, 11) is 0. The number of hydrogen-bond acceptors (Lipinski definition) is 5. The molecule has 0 unspecified atom stereocenters. The molecule has 0 spiro atoms. The molecule has 0 aliphatic carbocycles. The number of carbonyl (C=O) groups excluding carboxylic acids is 1. The first-order valence-corrected chi connectivity index (χ1v) is 9.04. The van der Waals surface area contributed by atoms with Crippen LogP contribution >= 0.6 is 11.3 Å². The fourth-order valence-electron chi connectivity index (χ4n) is 2.68. The van der Waals surface area contributed by atoms with Gasteiger partial charge in [0.1, 0.15) is 17.0 Å². The Hall–Kier alpha value is -3.32. The van der Waals surface area contributed by atoms with Crippen molar-refractivity contribution in [2.45, 2.75) is 0 Å². The van der Waals surface area contributed by atoms with E-state index in [9.17, 15) is 9.18 Å². The molecule has 0 aliphatic heterocycles. The summed E-state index contributed by atoms with van der Waals surface area (Å²) in [6.07, 6.45) is 1.41. The summed E-state index contributed by atoms with van der Waals surface area (Å²) in [6.45, 7) is -0.243. The lowest BCUT2D eigenvalue weighted by Crippen LogP contribution is -2.20. The van der Waals surface area contributed by atoms with E-state index >= 15 is 0 Å². The van der Waals surface area contributed by atoms with Gasteiger partial charge in [0.05, 0.1) is 5.39 Å². The molecule has 2 aromatic carbocycles. The summed E-state index contributed by atoms with van der Waals surface area (Å²) in [5, 5.41) is 5.36. The van der Waals surface area contributed by atoms with Crippen molar-refractivity contribution in [2.24, 2.45) is 0 Å². The zero-order valence-corrected chi connectivity index (χ0v) is 14.9. The van der Waals surface area contributed by atoms with Crippen molar-refractivity contribution in [3.05, 3.63) is 72.1 Å². The largest absolute Gasteiger partial charge is 0.467 e. The number of benzene rings is 2. The van der Waals surface area contributed by atoms with Crippen LogP contribution in [-0.2, 0) is 4.79 Å². The van der Waals surface area contributed by atoms with Crippen LogP contribution in [0.1, 0.15) is 0 Å². The van der Waals surface area contributed by atoms with Crippen LogP contribution in [0.3, 0.4) is 0 Å². The van der Waals surface area contributed by atoms with Crippen LogP contribution in [0.4, 0.5) is 10.1 Å². The average molecular weight is 379 g/mol. The van der Waals surface area contributed by atoms with Gasteiger partial charge < -0.3 is 10.1 Å². The standard InChI is InChI=1S/C20H14FN3O2S/c21-14-7-4-8-15(9-14)24-17(25)10-26-19-18-16(13-5-2-1-3-6-13)11-27-20(18)23-12-22-19/h1-9,11-12H,10H2,(H,24,25). The van der Waals surface area contributed by atoms with E-state index in [2.05, 4.69) is 15.3 Å². The van der Waals surface area contributed by atoms with Crippen LogP contribution in [0.5, 0.6) is 5.88 Å². The molecule has 0 radical (unpaired) electrons. The van der Waals surface area contributed by atoms with Crippen molar-refractivity contribution < 1.29 is 13.9 Å². The molecular formula is C20H14FN3O2S. The first kappa shape index (κ1) is 17.1. The van der Waals surface area contributed by atoms with Gasteiger partial charge in [0, 0.05) is 16.6 Å². The predicted molar refractivity (Wildman–Crippen MR) is 103 cm³/mol. The highest BCUT2D eigenvalue weighted by molar-refractivity contribution is 7.17. The van der Waals surface area contributed by atoms with Gasteiger partial charge in [0.15, 0.2) is 6.61 Å². The topological polar surface area (TPSA) is 64.1 Å². The van der Waals surface area contributed by atoms with Gasteiger partial charge in [-0.2, -0.15) is 0 Å². The molecular weight excluding hydrogens is 365 g/mol. The number of halogens is 1. The van der Waals surface area contributed by atoms with E-state index < -0.39 is 11.7 Å². The van der Waals surface area contributed by atoms with Gasteiger partial charge in [0.25, 0.3) is 5.91 Å². The van der Waals surface area contributed by atoms with Crippen LogP contribution in [-0.4, -0.2) is 22.5 Å². The first-order chi connectivity index (χ1) is 13.2. The number of hydrogen-bond donors (Lipinski definition) is 1. The maximum Gasteiger partial charge on any atom is 0.262 e. The summed E-state index contributed by atoms with van der Waals surface area (Å²) >= 11 is 1.49. The van der Waals surface area contributed by atoms with E-state index in [4.69, 9.17) is 4.74 Å². The number of amides is 1. The van der Waals surface area contributed by atoms with Crippen molar-refractivity contribution in [2.75, 3.05) is 11.9 Å². The zero-order valence-electron chi connectivity index (χ0n) is 14.1. The number of nitrogens with one attached hydrogen (secondary N) is 1. The molecule has 0 fully saturated rings. The fraction of sp³-hybridized carbons (Fsp3) is 0.0500. The number of anilines is 1. The third-order valence-electron chi connectivity index (χ3n) is 3.87. The Morgan fingerprint density at radius 1 is 1.11 bits per heavy atom. The number of rotatable bonds is 5. The lowest BCUT2D eigenvalue weighted by atomic mass is 10.1. The van der Waals surface area contributed by atoms with Gasteiger partial charge in [0.2, 0.25) is 5.88 Å². The number of aromatic nitrogens is 2. The van der Waals surface area contributed by atoms with Gasteiger partial charge in [-0.15, -0.1) is 11.3 Å². The average Bonchev–Trinajstić information content (AvgIpc) is 3.12. The fourth-order valence-corrected chi connectivity index (χ4v) is 3.59. The summed E-state index contributed by atoms with van der Waals surface area (Å²) in [5.74, 6) is -0.477. The first-order valence-electron chi connectivity index (χ1n) is 8.16. The number of carbonyl (C=O) groups is 1. The van der Waals surface area contributed by atoms with Crippen LogP contribution in [0.15, 0.2) is 66.3 Å². The van der Waals surface area contributed by atoms with E-state index in [-0.39, 0.29) is 6.61 Å². The molecule has 2 aromatic heterocycles. The predicted octanol–water partition coefficient (Wildman–Crippen LogP) is 4.51. The summed E-state index contributed by atoms with van der Waals surface area (Å²) in [6, 6.07) is 15.5. The molecule has 4 rings (SSSR count). The monoisotopic (exact) mass is 379 g/mol. The molecule has 27 heavy (non-hydrogen) atoms. The number of thiophene rings is 1. The summed E-state index contributed by atoms with van der Waals surface area (Å²) in [5.41, 5.74) is 2.35. The minimum atomic E-state index is -0.419. The third kappa shape index (κ3) is 3.78. The van der Waals surface area contributed by atoms with Crippen molar-refractivity contribution in [1.29, 1.82) is 0 Å². The van der Waals surface area contributed by atoms with Gasteiger partial charge in [-0.1, -0.05) is 36.4 Å². The summed E-state index contributed by atoms with van der Waals surface area (Å²) in [4.78, 5) is 21.4. The molecule has 134 valence electrons. The molecule has 0 saturated carbocycles. The van der Waals surface area contributed by atoms with E-state index in [1.165, 1.54) is 35.9 Å². The second kappa shape index (κ2) is 7.51. The third-order valence-corrected chi connectivity index (χ3v) is 4.75. The Labute approximate surface area is 158 Å². The number of nitrogens with zero attached hydrogens (tertiary/aromatic N) is 2. The van der Waals surface area contributed by atoms with Gasteiger partial charge in [-0.05, 0) is 23.8 Å². The maximum atomic E-state index is 13.2. The molecule has 0 atom stereocenters. The normalized spacial score (nSPS) is 10.7. The Morgan fingerprint density at radius 3 is 2.78 bits per heavy atom. The van der Waals surface area contributed by atoms with Crippen molar-refractivity contribution >= 4 is 33.1 Å². The molecule has 0 saturated heterocycles. The van der Waals surface area contributed by atoms with Crippen molar-refractivity contribution in [3.8, 4) is 17.0 Å². The van der Waals surface area contributed by atoms with Crippen LogP contribution in [0.2, 0.25) is 0 Å². The van der Waals surface area contributed by atoms with E-state index in [0.29, 0.717) is 11.6 Å². The molecule has 1 N–H and O–H groups in total. The smallest absolute Gasteiger partial charge is 0.262 e. The van der Waals surface area contributed by atoms with E-state index in [1.54, 1.807) is 6.07 Å². The Kier molecular flexibility index (Phi) is 4.76. The second-order valence-electron chi connectivity index (χ2n) is 5.72. The van der Waals surface area contributed by atoms with E-state index in [1.807, 2.05) is 35.7 Å². The molecule has 7 heteroatoms. The molecule has 2 heterocycles. The highest BCUT2D eigenvalue weighted by Crippen LogP contribution is 2.37. The molecule has 1 amide bonds. The summed E-state index contributed by atoms with van der Waals surface area (Å²) < 4.78 is 18.9. The zero-order chi connectivity index (χ0) is 18.6. The number of fused-ring (bicyclic) bond motifs is 1. The maximum absolute atomic E-state index is 13.2. The van der Waals surface area contributed by atoms with Crippen molar-refractivity contribution in [3.63, 3.8) is 0 Å². The SMILES string of the molecule is O=C(COc1ncnc2scc(-c3ccccc3)c12)Nc1cccc(F)c1. The Bertz CT molecular complexity index is 1100.